The third-order valence-electron chi connectivity index (χ3n) is 2.26. The molecule has 92 valence electrons. The Kier molecular flexibility index (Phi) is 4.14. The van der Waals surface area contributed by atoms with E-state index in [0.717, 1.165) is 6.07 Å². The standard InChI is InChI=1S/C11H10F2O4/c12-8-3-1-2-7(11(8)13)6(4-9(14)15)5-10(16)17/h1-3,6H,4-5H2,(H,14,15)(H,16,17). The molecule has 0 radical (unpaired) electrons. The summed E-state index contributed by atoms with van der Waals surface area (Å²) in [6.07, 6.45) is -1.13. The molecule has 0 saturated heterocycles. The minimum Gasteiger partial charge on any atom is -0.481 e. The quantitative estimate of drug-likeness (QED) is 0.830. The molecule has 4 nitrogen and oxygen atoms in total. The lowest BCUT2D eigenvalue weighted by Crippen LogP contribution is -2.13. The Morgan fingerprint density at radius 2 is 1.65 bits per heavy atom. The van der Waals surface area contributed by atoms with Gasteiger partial charge in [-0.1, -0.05) is 12.1 Å². The van der Waals surface area contributed by atoms with Gasteiger partial charge < -0.3 is 10.2 Å². The molecule has 0 saturated carbocycles. The molecule has 1 rings (SSSR count). The van der Waals surface area contributed by atoms with Crippen LogP contribution in [0, 0.1) is 11.6 Å². The number of carbonyl (C=O) groups is 2. The van der Waals surface area contributed by atoms with Crippen molar-refractivity contribution in [1.82, 2.24) is 0 Å². The topological polar surface area (TPSA) is 74.6 Å². The fourth-order valence-corrected chi connectivity index (χ4v) is 1.55. The average Bonchev–Trinajstić information content (AvgIpc) is 2.19. The molecular weight excluding hydrogens is 234 g/mol. The van der Waals surface area contributed by atoms with Crippen LogP contribution in [0.15, 0.2) is 18.2 Å². The Morgan fingerprint density at radius 3 is 2.12 bits per heavy atom. The molecule has 0 aliphatic rings. The van der Waals surface area contributed by atoms with Crippen LogP contribution in [0.25, 0.3) is 0 Å². The highest BCUT2D eigenvalue weighted by Crippen LogP contribution is 2.27. The van der Waals surface area contributed by atoms with E-state index in [-0.39, 0.29) is 5.56 Å². The van der Waals surface area contributed by atoms with E-state index in [2.05, 4.69) is 0 Å². The van der Waals surface area contributed by atoms with Gasteiger partial charge in [-0.15, -0.1) is 0 Å². The van der Waals surface area contributed by atoms with Gasteiger partial charge in [-0.2, -0.15) is 0 Å². The first-order chi connectivity index (χ1) is 7.91. The highest BCUT2D eigenvalue weighted by molar-refractivity contribution is 5.72. The highest BCUT2D eigenvalue weighted by atomic mass is 19.2. The molecule has 0 heterocycles. The fraction of sp³-hybridized carbons (Fsp3) is 0.273. The molecule has 0 spiro atoms. The van der Waals surface area contributed by atoms with Gasteiger partial charge in [0.25, 0.3) is 0 Å². The molecule has 0 fully saturated rings. The normalized spacial score (nSPS) is 10.5. The molecule has 0 aliphatic heterocycles. The molecule has 2 N–H and O–H groups in total. The Bertz CT molecular complexity index is 429. The van der Waals surface area contributed by atoms with Crippen LogP contribution in [-0.4, -0.2) is 22.2 Å². The van der Waals surface area contributed by atoms with Crippen molar-refractivity contribution in [2.24, 2.45) is 0 Å². The molecular formula is C11H10F2O4. The average molecular weight is 244 g/mol. The van der Waals surface area contributed by atoms with E-state index in [1.165, 1.54) is 12.1 Å². The van der Waals surface area contributed by atoms with Crippen molar-refractivity contribution < 1.29 is 28.6 Å². The van der Waals surface area contributed by atoms with Crippen molar-refractivity contribution >= 4 is 11.9 Å². The van der Waals surface area contributed by atoms with Crippen molar-refractivity contribution in [2.45, 2.75) is 18.8 Å². The lowest BCUT2D eigenvalue weighted by atomic mass is 9.92. The molecule has 0 amide bonds. The molecule has 1 aromatic rings. The fourth-order valence-electron chi connectivity index (χ4n) is 1.55. The zero-order valence-electron chi connectivity index (χ0n) is 8.69. The summed E-state index contributed by atoms with van der Waals surface area (Å²) < 4.78 is 26.3. The van der Waals surface area contributed by atoms with Crippen LogP contribution in [0.2, 0.25) is 0 Å². The van der Waals surface area contributed by atoms with Gasteiger partial charge in [0.15, 0.2) is 11.6 Å². The van der Waals surface area contributed by atoms with Gasteiger partial charge in [0.2, 0.25) is 0 Å². The van der Waals surface area contributed by atoms with E-state index in [1.807, 2.05) is 0 Å². The van der Waals surface area contributed by atoms with Gasteiger partial charge in [-0.25, -0.2) is 8.78 Å². The number of carboxylic acid groups (broad SMARTS) is 2. The summed E-state index contributed by atoms with van der Waals surface area (Å²) in [6.45, 7) is 0. The Hall–Kier alpha value is -1.98. The van der Waals surface area contributed by atoms with Gasteiger partial charge in [-0.3, -0.25) is 9.59 Å². The number of aliphatic carboxylic acids is 2. The molecule has 1 aromatic carbocycles. The van der Waals surface area contributed by atoms with Crippen molar-refractivity contribution in [3.05, 3.63) is 35.4 Å². The highest BCUT2D eigenvalue weighted by Gasteiger charge is 2.23. The third kappa shape index (κ3) is 3.51. The van der Waals surface area contributed by atoms with E-state index in [4.69, 9.17) is 10.2 Å². The van der Waals surface area contributed by atoms with Crippen molar-refractivity contribution in [3.8, 4) is 0 Å². The van der Waals surface area contributed by atoms with Gasteiger partial charge in [0, 0.05) is 5.92 Å². The first kappa shape index (κ1) is 13.1. The SMILES string of the molecule is O=C(O)CC(CC(=O)O)c1cccc(F)c1F. The summed E-state index contributed by atoms with van der Waals surface area (Å²) in [7, 11) is 0. The second-order valence-corrected chi connectivity index (χ2v) is 3.54. The van der Waals surface area contributed by atoms with Crippen LogP contribution < -0.4 is 0 Å². The van der Waals surface area contributed by atoms with E-state index < -0.39 is 42.3 Å². The predicted molar refractivity (Wildman–Crippen MR) is 53.6 cm³/mol. The zero-order valence-corrected chi connectivity index (χ0v) is 8.69. The first-order valence-electron chi connectivity index (χ1n) is 4.79. The van der Waals surface area contributed by atoms with Gasteiger partial charge in [-0.05, 0) is 11.6 Å². The molecule has 6 heteroatoms. The summed E-state index contributed by atoms with van der Waals surface area (Å²) in [4.78, 5) is 21.1. The lowest BCUT2D eigenvalue weighted by molar-refractivity contribution is -0.139. The first-order valence-corrected chi connectivity index (χ1v) is 4.79. The number of rotatable bonds is 5. The van der Waals surface area contributed by atoms with Gasteiger partial charge >= 0.3 is 11.9 Å². The zero-order chi connectivity index (χ0) is 13.0. The summed E-state index contributed by atoms with van der Waals surface area (Å²) in [5.74, 6) is -5.93. The summed E-state index contributed by atoms with van der Waals surface area (Å²) >= 11 is 0. The maximum Gasteiger partial charge on any atom is 0.303 e. The Morgan fingerprint density at radius 1 is 1.12 bits per heavy atom. The molecule has 0 aliphatic carbocycles. The predicted octanol–water partition coefficient (Wildman–Crippen LogP) is 2.00. The number of carboxylic acids is 2. The Labute approximate surface area is 95.5 Å². The summed E-state index contributed by atoms with van der Waals surface area (Å²) in [6, 6.07) is 3.29. The number of benzene rings is 1. The van der Waals surface area contributed by atoms with Crippen LogP contribution in [0.3, 0.4) is 0 Å². The molecule has 0 unspecified atom stereocenters. The van der Waals surface area contributed by atoms with Gasteiger partial charge in [0.05, 0.1) is 12.8 Å². The van der Waals surface area contributed by atoms with Crippen LogP contribution in [0.1, 0.15) is 24.3 Å². The van der Waals surface area contributed by atoms with E-state index in [9.17, 15) is 18.4 Å². The van der Waals surface area contributed by atoms with E-state index in [0.29, 0.717) is 0 Å². The summed E-state index contributed by atoms with van der Waals surface area (Å²) in [5, 5.41) is 17.2. The Balaban J connectivity index is 3.07. The summed E-state index contributed by atoms with van der Waals surface area (Å²) in [5.41, 5.74) is -0.227. The van der Waals surface area contributed by atoms with Crippen LogP contribution in [0.5, 0.6) is 0 Å². The second-order valence-electron chi connectivity index (χ2n) is 3.54. The number of hydrogen-bond acceptors (Lipinski definition) is 2. The monoisotopic (exact) mass is 244 g/mol. The molecule has 0 atom stereocenters. The second kappa shape index (κ2) is 5.38. The smallest absolute Gasteiger partial charge is 0.303 e. The van der Waals surface area contributed by atoms with Crippen LogP contribution >= 0.6 is 0 Å². The van der Waals surface area contributed by atoms with Crippen molar-refractivity contribution in [1.29, 1.82) is 0 Å². The molecule has 0 aromatic heterocycles. The largest absolute Gasteiger partial charge is 0.481 e. The van der Waals surface area contributed by atoms with Crippen LogP contribution in [0.4, 0.5) is 8.78 Å². The number of hydrogen-bond donors (Lipinski definition) is 2. The van der Waals surface area contributed by atoms with Crippen molar-refractivity contribution in [2.75, 3.05) is 0 Å². The minimum atomic E-state index is -1.26. The maximum atomic E-state index is 13.4. The minimum absolute atomic E-state index is 0.227. The third-order valence-corrected chi connectivity index (χ3v) is 2.26. The van der Waals surface area contributed by atoms with Crippen LogP contribution in [-0.2, 0) is 9.59 Å². The number of halogens is 2. The van der Waals surface area contributed by atoms with E-state index in [1.54, 1.807) is 0 Å². The molecule has 0 bridgehead atoms. The maximum absolute atomic E-state index is 13.4. The van der Waals surface area contributed by atoms with Gasteiger partial charge in [0.1, 0.15) is 0 Å². The van der Waals surface area contributed by atoms with E-state index >= 15 is 0 Å². The van der Waals surface area contributed by atoms with Crippen molar-refractivity contribution in [3.63, 3.8) is 0 Å². The lowest BCUT2D eigenvalue weighted by Gasteiger charge is -2.13. The molecule has 17 heavy (non-hydrogen) atoms.